The highest BCUT2D eigenvalue weighted by molar-refractivity contribution is 7.89. The summed E-state index contributed by atoms with van der Waals surface area (Å²) in [6, 6.07) is 18.2. The Kier molecular flexibility index (Phi) is 6.68. The van der Waals surface area contributed by atoms with Crippen LogP contribution in [0.25, 0.3) is 0 Å². The molecule has 6 nitrogen and oxygen atoms in total. The Hall–Kier alpha value is -2.69. The number of piperidine rings is 1. The van der Waals surface area contributed by atoms with Crippen LogP contribution < -0.4 is 5.32 Å². The molecule has 1 heterocycles. The van der Waals surface area contributed by atoms with Crippen LogP contribution in [0.4, 0.5) is 0 Å². The molecule has 0 saturated carbocycles. The van der Waals surface area contributed by atoms with Gasteiger partial charge in [-0.3, -0.25) is 4.79 Å². The van der Waals surface area contributed by atoms with Crippen molar-refractivity contribution in [3.05, 3.63) is 65.7 Å². The molecule has 0 radical (unpaired) electrons. The van der Waals surface area contributed by atoms with Crippen LogP contribution in [0.15, 0.2) is 59.5 Å². The van der Waals surface area contributed by atoms with E-state index >= 15 is 0 Å². The van der Waals surface area contributed by atoms with Crippen molar-refractivity contribution in [2.75, 3.05) is 19.6 Å². The van der Waals surface area contributed by atoms with E-state index in [1.165, 1.54) is 22.0 Å². The molecule has 1 amide bonds. The highest BCUT2D eigenvalue weighted by Crippen LogP contribution is 2.26. The fourth-order valence-electron chi connectivity index (χ4n) is 3.58. The average Bonchev–Trinajstić information content (AvgIpc) is 2.77. The van der Waals surface area contributed by atoms with Gasteiger partial charge in [0.05, 0.1) is 10.5 Å². The Morgan fingerprint density at radius 2 is 1.76 bits per heavy atom. The Balaban J connectivity index is 1.56. The zero-order chi connectivity index (χ0) is 20.9. The van der Waals surface area contributed by atoms with Crippen molar-refractivity contribution in [2.24, 2.45) is 5.92 Å². The maximum absolute atomic E-state index is 12.9. The zero-order valence-electron chi connectivity index (χ0n) is 16.4. The lowest BCUT2D eigenvalue weighted by molar-refractivity contribution is -0.126. The third kappa shape index (κ3) is 4.84. The van der Waals surface area contributed by atoms with Crippen LogP contribution in [-0.2, 0) is 14.8 Å². The van der Waals surface area contributed by atoms with E-state index in [0.29, 0.717) is 19.4 Å². The number of nitriles is 1. The Morgan fingerprint density at radius 3 is 2.41 bits per heavy atom. The van der Waals surface area contributed by atoms with E-state index in [-0.39, 0.29) is 41.3 Å². The summed E-state index contributed by atoms with van der Waals surface area (Å²) in [6.07, 6.45) is 0.943. The molecule has 2 aromatic carbocycles. The van der Waals surface area contributed by atoms with Gasteiger partial charge in [0.2, 0.25) is 15.9 Å². The van der Waals surface area contributed by atoms with Gasteiger partial charge in [-0.1, -0.05) is 49.4 Å². The molecule has 0 bridgehead atoms. The van der Waals surface area contributed by atoms with Crippen LogP contribution in [0.2, 0.25) is 0 Å². The second-order valence-electron chi connectivity index (χ2n) is 7.34. The van der Waals surface area contributed by atoms with Crippen molar-refractivity contribution in [2.45, 2.75) is 30.6 Å². The number of nitrogens with one attached hydrogen (secondary N) is 1. The molecular formula is C22H25N3O3S. The molecule has 7 heteroatoms. The van der Waals surface area contributed by atoms with Crippen LogP contribution in [0.5, 0.6) is 0 Å². The van der Waals surface area contributed by atoms with E-state index in [1.54, 1.807) is 12.1 Å². The fraction of sp³-hybridized carbons (Fsp3) is 0.364. The first-order valence-corrected chi connectivity index (χ1v) is 11.2. The average molecular weight is 412 g/mol. The molecule has 3 rings (SSSR count). The van der Waals surface area contributed by atoms with Gasteiger partial charge in [0.1, 0.15) is 6.07 Å². The van der Waals surface area contributed by atoms with Crippen molar-refractivity contribution in [1.82, 2.24) is 9.62 Å². The Morgan fingerprint density at radius 1 is 1.14 bits per heavy atom. The summed E-state index contributed by atoms with van der Waals surface area (Å²) in [5.41, 5.74) is 1.31. The highest BCUT2D eigenvalue weighted by atomic mass is 32.2. The summed E-state index contributed by atoms with van der Waals surface area (Å²) in [6.45, 7) is 3.16. The normalized spacial score (nSPS) is 16.7. The summed E-state index contributed by atoms with van der Waals surface area (Å²) < 4.78 is 27.2. The third-order valence-electron chi connectivity index (χ3n) is 5.40. The number of hydrogen-bond donors (Lipinski definition) is 1. The molecule has 29 heavy (non-hydrogen) atoms. The number of amides is 1. The van der Waals surface area contributed by atoms with Crippen LogP contribution in [-0.4, -0.2) is 38.3 Å². The number of hydrogen-bond acceptors (Lipinski definition) is 4. The first-order chi connectivity index (χ1) is 13.9. The number of carbonyl (C=O) groups excluding carboxylic acids is 1. The highest BCUT2D eigenvalue weighted by Gasteiger charge is 2.33. The van der Waals surface area contributed by atoms with Gasteiger partial charge in [-0.05, 0) is 36.5 Å². The van der Waals surface area contributed by atoms with E-state index in [2.05, 4.69) is 12.2 Å². The van der Waals surface area contributed by atoms with E-state index in [9.17, 15) is 18.5 Å². The molecule has 1 saturated heterocycles. The lowest BCUT2D eigenvalue weighted by atomic mass is 9.96. The standard InChI is InChI=1S/C22H25N3O3S/c1-17(18-7-3-2-4-8-18)16-24-22(26)19-11-13-25(14-12-19)29(27,28)21-10-6-5-9-20(21)15-23/h2-10,17,19H,11-14,16H2,1H3,(H,24,26)/t17-/m0/s1. The van der Waals surface area contributed by atoms with Crippen LogP contribution in [0, 0.1) is 17.2 Å². The van der Waals surface area contributed by atoms with Crippen LogP contribution in [0.3, 0.4) is 0 Å². The second kappa shape index (κ2) is 9.21. The molecule has 1 fully saturated rings. The molecule has 1 aliphatic rings. The lowest BCUT2D eigenvalue weighted by Gasteiger charge is -2.31. The molecule has 0 spiro atoms. The van der Waals surface area contributed by atoms with Crippen molar-refractivity contribution < 1.29 is 13.2 Å². The second-order valence-corrected chi connectivity index (χ2v) is 9.25. The molecule has 1 N–H and O–H groups in total. The van der Waals surface area contributed by atoms with E-state index in [0.717, 1.165) is 0 Å². The molecule has 1 atom stereocenters. The lowest BCUT2D eigenvalue weighted by Crippen LogP contribution is -2.43. The maximum Gasteiger partial charge on any atom is 0.244 e. The van der Waals surface area contributed by atoms with Crippen molar-refractivity contribution >= 4 is 15.9 Å². The molecule has 152 valence electrons. The van der Waals surface area contributed by atoms with Crippen molar-refractivity contribution in [3.63, 3.8) is 0 Å². The van der Waals surface area contributed by atoms with Gasteiger partial charge in [-0.15, -0.1) is 0 Å². The van der Waals surface area contributed by atoms with Gasteiger partial charge in [-0.25, -0.2) is 8.42 Å². The number of nitrogens with zero attached hydrogens (tertiary/aromatic N) is 2. The smallest absolute Gasteiger partial charge is 0.244 e. The number of benzene rings is 2. The fourth-order valence-corrected chi connectivity index (χ4v) is 5.19. The molecule has 2 aromatic rings. The predicted octanol–water partition coefficient (Wildman–Crippen LogP) is 2.88. The van der Waals surface area contributed by atoms with Gasteiger partial charge in [0.25, 0.3) is 0 Å². The van der Waals surface area contributed by atoms with E-state index < -0.39 is 10.0 Å². The summed E-state index contributed by atoms with van der Waals surface area (Å²) >= 11 is 0. The quantitative estimate of drug-likeness (QED) is 0.791. The molecule has 1 aliphatic heterocycles. The molecule has 0 aromatic heterocycles. The van der Waals surface area contributed by atoms with E-state index in [4.69, 9.17) is 0 Å². The van der Waals surface area contributed by atoms with Crippen LogP contribution in [0.1, 0.15) is 36.8 Å². The monoisotopic (exact) mass is 411 g/mol. The van der Waals surface area contributed by atoms with Crippen molar-refractivity contribution in [1.29, 1.82) is 5.26 Å². The number of sulfonamides is 1. The van der Waals surface area contributed by atoms with Gasteiger partial charge in [-0.2, -0.15) is 9.57 Å². The zero-order valence-corrected chi connectivity index (χ0v) is 17.2. The van der Waals surface area contributed by atoms with Crippen molar-refractivity contribution in [3.8, 4) is 6.07 Å². The van der Waals surface area contributed by atoms with Gasteiger partial charge < -0.3 is 5.32 Å². The van der Waals surface area contributed by atoms with Gasteiger partial charge in [0, 0.05) is 25.6 Å². The molecular weight excluding hydrogens is 386 g/mol. The summed E-state index contributed by atoms with van der Waals surface area (Å²) in [4.78, 5) is 12.6. The van der Waals surface area contributed by atoms with Crippen LogP contribution >= 0.6 is 0 Å². The summed E-state index contributed by atoms with van der Waals surface area (Å²) in [7, 11) is -3.74. The minimum absolute atomic E-state index is 0.0257. The summed E-state index contributed by atoms with van der Waals surface area (Å²) in [5.74, 6) is -0.0130. The maximum atomic E-state index is 12.9. The minimum Gasteiger partial charge on any atom is -0.355 e. The molecule has 0 unspecified atom stereocenters. The number of rotatable bonds is 6. The first-order valence-electron chi connectivity index (χ1n) is 9.75. The van der Waals surface area contributed by atoms with Gasteiger partial charge >= 0.3 is 0 Å². The third-order valence-corrected chi connectivity index (χ3v) is 7.36. The summed E-state index contributed by atoms with van der Waals surface area (Å²) in [5, 5.41) is 12.2. The number of carbonyl (C=O) groups is 1. The van der Waals surface area contributed by atoms with Gasteiger partial charge in [0.15, 0.2) is 0 Å². The first kappa shape index (κ1) is 21.0. The SMILES string of the molecule is C[C@@H](CNC(=O)C1CCN(S(=O)(=O)c2ccccc2C#N)CC1)c1ccccc1. The minimum atomic E-state index is -3.74. The largest absolute Gasteiger partial charge is 0.355 e. The Labute approximate surface area is 172 Å². The predicted molar refractivity (Wildman–Crippen MR) is 111 cm³/mol. The topological polar surface area (TPSA) is 90.3 Å². The van der Waals surface area contributed by atoms with E-state index in [1.807, 2.05) is 36.4 Å². The Bertz CT molecular complexity index is 991. The molecule has 0 aliphatic carbocycles.